The van der Waals surface area contributed by atoms with Gasteiger partial charge in [-0.3, -0.25) is 4.79 Å². The van der Waals surface area contributed by atoms with Gasteiger partial charge in [-0.05, 0) is 40.3 Å². The minimum Gasteiger partial charge on any atom is -0.435 e. The van der Waals surface area contributed by atoms with Crippen molar-refractivity contribution in [3.63, 3.8) is 0 Å². The highest BCUT2D eigenvalue weighted by Gasteiger charge is 2.11. The number of anilines is 1. The molecule has 27 heavy (non-hydrogen) atoms. The van der Waals surface area contributed by atoms with E-state index in [-0.39, 0.29) is 17.4 Å². The summed E-state index contributed by atoms with van der Waals surface area (Å²) in [6.45, 7) is -2.38. The van der Waals surface area contributed by atoms with E-state index in [1.54, 1.807) is 4.68 Å². The Hall–Kier alpha value is -3.01. The van der Waals surface area contributed by atoms with E-state index in [1.807, 2.05) is 30.3 Å². The van der Waals surface area contributed by atoms with Gasteiger partial charge >= 0.3 is 6.61 Å². The summed E-state index contributed by atoms with van der Waals surface area (Å²) in [5.74, 6) is -0.140. The predicted octanol–water partition coefficient (Wildman–Crippen LogP) is 3.05. The molecule has 0 aliphatic rings. The number of benzene rings is 2. The topological polar surface area (TPSA) is 81.9 Å². The monoisotopic (exact) mass is 391 g/mol. The molecule has 1 heterocycles. The van der Waals surface area contributed by atoms with Crippen molar-refractivity contribution in [1.29, 1.82) is 0 Å². The molecule has 0 radical (unpaired) electrons. The van der Waals surface area contributed by atoms with Gasteiger partial charge in [-0.1, -0.05) is 42.1 Å². The fourth-order valence-electron chi connectivity index (χ4n) is 2.20. The predicted molar refractivity (Wildman–Crippen MR) is 95.8 cm³/mol. The molecular weight excluding hydrogens is 376 g/mol. The number of tetrazole rings is 1. The van der Waals surface area contributed by atoms with Crippen LogP contribution in [0.1, 0.15) is 5.56 Å². The average Bonchev–Trinajstić information content (AvgIpc) is 3.09. The number of alkyl halides is 2. The zero-order valence-corrected chi connectivity index (χ0v) is 14.8. The number of carbonyl (C=O) groups is 1. The van der Waals surface area contributed by atoms with E-state index in [2.05, 4.69) is 25.6 Å². The van der Waals surface area contributed by atoms with E-state index in [0.717, 1.165) is 5.56 Å². The van der Waals surface area contributed by atoms with Crippen LogP contribution in [-0.4, -0.2) is 38.5 Å². The number of halogens is 2. The summed E-state index contributed by atoms with van der Waals surface area (Å²) in [6, 6.07) is 15.4. The second-order valence-electron chi connectivity index (χ2n) is 5.34. The van der Waals surface area contributed by atoms with Gasteiger partial charge in [0, 0.05) is 5.69 Å². The Morgan fingerprint density at radius 1 is 1.15 bits per heavy atom. The molecule has 0 fully saturated rings. The molecule has 1 aromatic heterocycles. The molecule has 3 rings (SSSR count). The number of rotatable bonds is 8. The molecule has 0 aliphatic carbocycles. The first-order chi connectivity index (χ1) is 13.1. The van der Waals surface area contributed by atoms with Crippen molar-refractivity contribution in [2.24, 2.45) is 0 Å². The molecule has 0 aliphatic heterocycles. The van der Waals surface area contributed by atoms with Crippen molar-refractivity contribution >= 4 is 23.4 Å². The number of carbonyl (C=O) groups excluding carboxylic acids is 1. The van der Waals surface area contributed by atoms with Crippen LogP contribution in [-0.2, 0) is 11.3 Å². The van der Waals surface area contributed by atoms with Gasteiger partial charge in [0.1, 0.15) is 5.75 Å². The Morgan fingerprint density at radius 2 is 1.89 bits per heavy atom. The van der Waals surface area contributed by atoms with Crippen molar-refractivity contribution < 1.29 is 18.3 Å². The normalized spacial score (nSPS) is 10.8. The third-order valence-electron chi connectivity index (χ3n) is 3.37. The van der Waals surface area contributed by atoms with Crippen molar-refractivity contribution in [3.05, 3.63) is 60.2 Å². The Bertz CT molecular complexity index is 875. The maximum Gasteiger partial charge on any atom is 0.387 e. The van der Waals surface area contributed by atoms with Gasteiger partial charge < -0.3 is 10.1 Å². The standard InChI is InChI=1S/C17H15F2N5O2S/c18-16(19)26-14-8-6-13(7-9-14)20-15(25)11-27-17-21-22-23-24(17)10-12-4-2-1-3-5-12/h1-9,16H,10-11H2,(H,20,25). The van der Waals surface area contributed by atoms with Crippen LogP contribution in [0.25, 0.3) is 0 Å². The van der Waals surface area contributed by atoms with Gasteiger partial charge in [0.15, 0.2) is 0 Å². The fourth-order valence-corrected chi connectivity index (χ4v) is 2.88. The lowest BCUT2D eigenvalue weighted by molar-refractivity contribution is -0.113. The lowest BCUT2D eigenvalue weighted by Gasteiger charge is -2.07. The largest absolute Gasteiger partial charge is 0.435 e. The van der Waals surface area contributed by atoms with Crippen molar-refractivity contribution in [2.75, 3.05) is 11.1 Å². The number of ether oxygens (including phenoxy) is 1. The van der Waals surface area contributed by atoms with Crippen LogP contribution in [0.5, 0.6) is 5.75 Å². The summed E-state index contributed by atoms with van der Waals surface area (Å²) in [5, 5.41) is 14.7. The lowest BCUT2D eigenvalue weighted by Crippen LogP contribution is -2.15. The molecule has 0 spiro atoms. The first-order valence-corrected chi connectivity index (χ1v) is 8.86. The first kappa shape index (κ1) is 18.8. The zero-order chi connectivity index (χ0) is 19.1. The number of hydrogen-bond donors (Lipinski definition) is 1. The Kier molecular flexibility index (Phi) is 6.31. The molecule has 0 bridgehead atoms. The van der Waals surface area contributed by atoms with Gasteiger partial charge in [-0.25, -0.2) is 4.68 Å². The number of nitrogens with one attached hydrogen (secondary N) is 1. The average molecular weight is 391 g/mol. The number of aromatic nitrogens is 4. The van der Waals surface area contributed by atoms with Crippen LogP contribution in [0.4, 0.5) is 14.5 Å². The zero-order valence-electron chi connectivity index (χ0n) is 14.0. The smallest absolute Gasteiger partial charge is 0.387 e. The van der Waals surface area contributed by atoms with Crippen molar-refractivity contribution in [1.82, 2.24) is 20.2 Å². The summed E-state index contributed by atoms with van der Waals surface area (Å²) < 4.78 is 30.1. The summed E-state index contributed by atoms with van der Waals surface area (Å²) >= 11 is 1.20. The van der Waals surface area contributed by atoms with Gasteiger partial charge in [-0.2, -0.15) is 8.78 Å². The molecule has 2 aromatic carbocycles. The molecule has 3 aromatic rings. The molecule has 7 nitrogen and oxygen atoms in total. The molecule has 10 heteroatoms. The highest BCUT2D eigenvalue weighted by atomic mass is 32.2. The highest BCUT2D eigenvalue weighted by molar-refractivity contribution is 7.99. The molecule has 1 amide bonds. The first-order valence-electron chi connectivity index (χ1n) is 7.88. The van der Waals surface area contributed by atoms with E-state index < -0.39 is 6.61 Å². The number of hydrogen-bond acceptors (Lipinski definition) is 6. The minimum atomic E-state index is -2.89. The van der Waals surface area contributed by atoms with E-state index in [0.29, 0.717) is 17.4 Å². The summed E-state index contributed by atoms with van der Waals surface area (Å²) in [4.78, 5) is 12.1. The van der Waals surface area contributed by atoms with Crippen LogP contribution in [0.3, 0.4) is 0 Å². The second kappa shape index (κ2) is 9.08. The van der Waals surface area contributed by atoms with Crippen LogP contribution >= 0.6 is 11.8 Å². The minimum absolute atomic E-state index is 0.0254. The van der Waals surface area contributed by atoms with Gasteiger partial charge in [0.25, 0.3) is 0 Å². The number of thioether (sulfide) groups is 1. The van der Waals surface area contributed by atoms with Crippen LogP contribution in [0, 0.1) is 0 Å². The molecule has 0 saturated carbocycles. The summed E-state index contributed by atoms with van der Waals surface area (Å²) in [6.07, 6.45) is 0. The number of nitrogens with zero attached hydrogens (tertiary/aromatic N) is 4. The maximum absolute atomic E-state index is 12.1. The number of amides is 1. The Balaban J connectivity index is 1.52. The van der Waals surface area contributed by atoms with Crippen LogP contribution in [0.2, 0.25) is 0 Å². The molecule has 0 unspecified atom stereocenters. The third kappa shape index (κ3) is 5.74. The van der Waals surface area contributed by atoms with E-state index >= 15 is 0 Å². The highest BCUT2D eigenvalue weighted by Crippen LogP contribution is 2.19. The molecular formula is C17H15F2N5O2S. The summed E-state index contributed by atoms with van der Waals surface area (Å²) in [7, 11) is 0. The second-order valence-corrected chi connectivity index (χ2v) is 6.29. The van der Waals surface area contributed by atoms with Crippen LogP contribution < -0.4 is 10.1 Å². The maximum atomic E-state index is 12.1. The fraction of sp³-hybridized carbons (Fsp3) is 0.176. The van der Waals surface area contributed by atoms with E-state index in [1.165, 1.54) is 36.0 Å². The Morgan fingerprint density at radius 3 is 2.59 bits per heavy atom. The molecule has 140 valence electrons. The van der Waals surface area contributed by atoms with Crippen LogP contribution in [0.15, 0.2) is 59.8 Å². The van der Waals surface area contributed by atoms with Gasteiger partial charge in [-0.15, -0.1) is 5.10 Å². The lowest BCUT2D eigenvalue weighted by atomic mass is 10.2. The van der Waals surface area contributed by atoms with Crippen molar-refractivity contribution in [2.45, 2.75) is 18.3 Å². The SMILES string of the molecule is O=C(CSc1nnnn1Cc1ccccc1)Nc1ccc(OC(F)F)cc1. The van der Waals surface area contributed by atoms with Gasteiger partial charge in [0.2, 0.25) is 11.1 Å². The van der Waals surface area contributed by atoms with Gasteiger partial charge in [0.05, 0.1) is 12.3 Å². The summed E-state index contributed by atoms with van der Waals surface area (Å²) in [5.41, 5.74) is 1.52. The van der Waals surface area contributed by atoms with E-state index in [4.69, 9.17) is 0 Å². The molecule has 0 saturated heterocycles. The van der Waals surface area contributed by atoms with Crippen molar-refractivity contribution in [3.8, 4) is 5.75 Å². The Labute approximate surface area is 157 Å². The molecule has 0 atom stereocenters. The third-order valence-corrected chi connectivity index (χ3v) is 4.33. The quantitative estimate of drug-likeness (QED) is 0.595. The van der Waals surface area contributed by atoms with E-state index in [9.17, 15) is 13.6 Å². The molecule has 1 N–H and O–H groups in total.